The van der Waals surface area contributed by atoms with E-state index in [1.165, 1.54) is 12.1 Å². The third-order valence-corrected chi connectivity index (χ3v) is 5.04. The zero-order valence-electron chi connectivity index (χ0n) is 12.1. The summed E-state index contributed by atoms with van der Waals surface area (Å²) in [6, 6.07) is 3.32. The minimum Gasteiger partial charge on any atom is -0.392 e. The largest absolute Gasteiger partial charge is 0.392 e. The number of benzene rings is 1. The van der Waals surface area contributed by atoms with Crippen molar-refractivity contribution in [2.24, 2.45) is 0 Å². The molecule has 2 N–H and O–H groups in total. The van der Waals surface area contributed by atoms with Crippen LogP contribution in [0.4, 0.5) is 4.39 Å². The van der Waals surface area contributed by atoms with Gasteiger partial charge in [-0.15, -0.1) is 0 Å². The number of sulfonamides is 1. The van der Waals surface area contributed by atoms with Crippen LogP contribution in [0.15, 0.2) is 23.1 Å². The predicted octanol–water partition coefficient (Wildman–Crippen LogP) is 1.55. The topological polar surface area (TPSA) is 75.6 Å². The van der Waals surface area contributed by atoms with Crippen LogP contribution in [0.2, 0.25) is 0 Å². The molecule has 0 saturated carbocycles. The van der Waals surface area contributed by atoms with Crippen molar-refractivity contribution in [3.05, 3.63) is 29.6 Å². The van der Waals surface area contributed by atoms with Crippen molar-refractivity contribution >= 4 is 10.0 Å². The summed E-state index contributed by atoms with van der Waals surface area (Å²) in [6.07, 6.45) is 1.08. The molecule has 1 atom stereocenters. The molecule has 21 heavy (non-hydrogen) atoms. The third-order valence-electron chi connectivity index (χ3n) is 3.49. The Morgan fingerprint density at radius 3 is 2.76 bits per heavy atom. The molecule has 7 heteroatoms. The van der Waals surface area contributed by atoms with E-state index in [2.05, 4.69) is 4.72 Å². The molecule has 0 amide bonds. The zero-order chi connectivity index (χ0) is 15.7. The molecule has 1 aromatic carbocycles. The van der Waals surface area contributed by atoms with Gasteiger partial charge in [-0.3, -0.25) is 0 Å². The van der Waals surface area contributed by atoms with Crippen LogP contribution < -0.4 is 4.72 Å². The molecule has 0 aliphatic carbocycles. The number of aliphatic hydroxyl groups is 1. The van der Waals surface area contributed by atoms with Crippen LogP contribution in [0.3, 0.4) is 0 Å². The summed E-state index contributed by atoms with van der Waals surface area (Å²) in [5, 5.41) is 8.93. The number of halogens is 1. The monoisotopic (exact) mass is 317 g/mol. The van der Waals surface area contributed by atoms with E-state index in [9.17, 15) is 12.8 Å². The molecule has 2 rings (SSSR count). The molecule has 1 heterocycles. The Morgan fingerprint density at radius 2 is 2.19 bits per heavy atom. The lowest BCUT2D eigenvalue weighted by molar-refractivity contribution is -0.0599. The fourth-order valence-corrected chi connectivity index (χ4v) is 3.81. The molecule has 0 spiro atoms. The first kappa shape index (κ1) is 16.4. The number of aliphatic hydroxyl groups excluding tert-OH is 1. The number of nitrogens with one attached hydrogen (secondary N) is 1. The van der Waals surface area contributed by atoms with E-state index in [1.807, 2.05) is 13.8 Å². The number of ether oxygens (including phenoxy) is 1. The SMILES string of the molecule is CC1(C)CC(NS(=O)(=O)c2ccc(CO)cc2F)CCO1. The van der Waals surface area contributed by atoms with E-state index < -0.39 is 26.3 Å². The van der Waals surface area contributed by atoms with Gasteiger partial charge in [0.25, 0.3) is 0 Å². The van der Waals surface area contributed by atoms with Crippen LogP contribution in [-0.4, -0.2) is 31.8 Å². The van der Waals surface area contributed by atoms with Gasteiger partial charge in [0.2, 0.25) is 10.0 Å². The fraction of sp³-hybridized carbons (Fsp3) is 0.571. The maximum absolute atomic E-state index is 13.9. The molecule has 0 aromatic heterocycles. The highest BCUT2D eigenvalue weighted by molar-refractivity contribution is 7.89. The lowest BCUT2D eigenvalue weighted by atomic mass is 9.95. The van der Waals surface area contributed by atoms with Gasteiger partial charge >= 0.3 is 0 Å². The van der Waals surface area contributed by atoms with Gasteiger partial charge in [-0.25, -0.2) is 17.5 Å². The van der Waals surface area contributed by atoms with Gasteiger partial charge in [0.05, 0.1) is 12.2 Å². The van der Waals surface area contributed by atoms with E-state index in [0.29, 0.717) is 25.0 Å². The highest BCUT2D eigenvalue weighted by Gasteiger charge is 2.32. The normalized spacial score (nSPS) is 22.2. The summed E-state index contributed by atoms with van der Waals surface area (Å²) in [5.74, 6) is -0.861. The molecular weight excluding hydrogens is 297 g/mol. The Kier molecular flexibility index (Phi) is 4.67. The molecule has 118 valence electrons. The highest BCUT2D eigenvalue weighted by atomic mass is 32.2. The van der Waals surface area contributed by atoms with Crippen LogP contribution in [0.1, 0.15) is 32.3 Å². The van der Waals surface area contributed by atoms with Crippen LogP contribution in [0.5, 0.6) is 0 Å². The Bertz CT molecular complexity index is 615. The molecule has 5 nitrogen and oxygen atoms in total. The van der Waals surface area contributed by atoms with E-state index in [-0.39, 0.29) is 12.6 Å². The summed E-state index contributed by atoms with van der Waals surface area (Å²) in [5.41, 5.74) is -0.0660. The van der Waals surface area contributed by atoms with E-state index in [4.69, 9.17) is 9.84 Å². The number of rotatable bonds is 4. The smallest absolute Gasteiger partial charge is 0.243 e. The second-order valence-electron chi connectivity index (χ2n) is 5.84. The van der Waals surface area contributed by atoms with Gasteiger partial charge in [-0.2, -0.15) is 0 Å². The minimum atomic E-state index is -3.93. The molecule has 1 fully saturated rings. The average Bonchev–Trinajstić information content (AvgIpc) is 2.36. The van der Waals surface area contributed by atoms with Crippen molar-refractivity contribution in [1.82, 2.24) is 4.72 Å². The first-order valence-electron chi connectivity index (χ1n) is 6.79. The van der Waals surface area contributed by atoms with Gasteiger partial charge < -0.3 is 9.84 Å². The average molecular weight is 317 g/mol. The summed E-state index contributed by atoms with van der Waals surface area (Å²) in [6.45, 7) is 3.92. The van der Waals surface area contributed by atoms with Crippen LogP contribution >= 0.6 is 0 Å². The highest BCUT2D eigenvalue weighted by Crippen LogP contribution is 2.25. The quantitative estimate of drug-likeness (QED) is 0.883. The molecule has 1 aliphatic rings. The van der Waals surface area contributed by atoms with Crippen LogP contribution in [-0.2, 0) is 21.4 Å². The zero-order valence-corrected chi connectivity index (χ0v) is 12.9. The first-order valence-corrected chi connectivity index (χ1v) is 8.27. The van der Waals surface area contributed by atoms with Crippen LogP contribution in [0, 0.1) is 5.82 Å². The predicted molar refractivity (Wildman–Crippen MR) is 75.7 cm³/mol. The second kappa shape index (κ2) is 6.00. The van der Waals surface area contributed by atoms with Gasteiger partial charge in [0.1, 0.15) is 10.7 Å². The first-order chi connectivity index (χ1) is 9.73. The summed E-state index contributed by atoms with van der Waals surface area (Å²) in [7, 11) is -3.93. The number of hydrogen-bond acceptors (Lipinski definition) is 4. The molecule has 1 aromatic rings. The summed E-state index contributed by atoms with van der Waals surface area (Å²) >= 11 is 0. The van der Waals surface area contributed by atoms with E-state index in [1.54, 1.807) is 0 Å². The maximum Gasteiger partial charge on any atom is 0.243 e. The lowest BCUT2D eigenvalue weighted by Crippen LogP contribution is -2.45. The molecule has 0 radical (unpaired) electrons. The van der Waals surface area contributed by atoms with Gasteiger partial charge in [-0.1, -0.05) is 6.07 Å². The lowest BCUT2D eigenvalue weighted by Gasteiger charge is -2.35. The third kappa shape index (κ3) is 4.00. The molecule has 1 saturated heterocycles. The molecule has 0 bridgehead atoms. The Morgan fingerprint density at radius 1 is 1.48 bits per heavy atom. The summed E-state index contributed by atoms with van der Waals surface area (Å²) in [4.78, 5) is -0.399. The van der Waals surface area contributed by atoms with E-state index in [0.717, 1.165) is 6.07 Å². The van der Waals surface area contributed by atoms with E-state index >= 15 is 0 Å². The van der Waals surface area contributed by atoms with Crippen molar-refractivity contribution in [2.45, 2.75) is 49.8 Å². The Labute approximate surface area is 124 Å². The molecule has 1 unspecified atom stereocenters. The van der Waals surface area contributed by atoms with Crippen LogP contribution in [0.25, 0.3) is 0 Å². The van der Waals surface area contributed by atoms with Crippen molar-refractivity contribution in [3.8, 4) is 0 Å². The fourth-order valence-electron chi connectivity index (χ4n) is 2.48. The maximum atomic E-state index is 13.9. The van der Waals surface area contributed by atoms with Crippen molar-refractivity contribution < 1.29 is 22.7 Å². The van der Waals surface area contributed by atoms with Gasteiger partial charge in [-0.05, 0) is 44.4 Å². The van der Waals surface area contributed by atoms with Gasteiger partial charge in [0, 0.05) is 12.6 Å². The standard InChI is InChI=1S/C14H20FNO4S/c1-14(2)8-11(5-6-20-14)16-21(18,19)13-4-3-10(9-17)7-12(13)15/h3-4,7,11,16-17H,5-6,8-9H2,1-2H3. The van der Waals surface area contributed by atoms with Crippen molar-refractivity contribution in [3.63, 3.8) is 0 Å². The molecular formula is C14H20FNO4S. The Balaban J connectivity index is 2.19. The molecule has 1 aliphatic heterocycles. The Hall–Kier alpha value is -1.02. The minimum absolute atomic E-state index is 0.282. The van der Waals surface area contributed by atoms with Crippen molar-refractivity contribution in [2.75, 3.05) is 6.61 Å². The van der Waals surface area contributed by atoms with Gasteiger partial charge in [0.15, 0.2) is 0 Å². The summed E-state index contributed by atoms with van der Waals surface area (Å²) < 4.78 is 46.5. The number of hydrogen-bond donors (Lipinski definition) is 2. The van der Waals surface area contributed by atoms with Crippen molar-refractivity contribution in [1.29, 1.82) is 0 Å². The second-order valence-corrected chi connectivity index (χ2v) is 7.52.